The summed E-state index contributed by atoms with van der Waals surface area (Å²) in [7, 11) is 2.09. The van der Waals surface area contributed by atoms with E-state index in [9.17, 15) is 9.59 Å². The van der Waals surface area contributed by atoms with Gasteiger partial charge in [-0.2, -0.15) is 0 Å². The monoisotopic (exact) mass is 353 g/mol. The van der Waals surface area contributed by atoms with Crippen molar-refractivity contribution in [2.24, 2.45) is 0 Å². The standard InChI is InChI=1S/C16H20ClN3O2S/c1-20-6-4-11(5-7-20)18-15(21)9-14-16(22)19-12-8-10(17)2-3-13(12)23-14/h2-3,8,11,14H,4-7,9H2,1H3,(H,18,21)(H,19,22). The average Bonchev–Trinajstić information content (AvgIpc) is 2.50. The molecule has 2 heterocycles. The van der Waals surface area contributed by atoms with Gasteiger partial charge in [-0.3, -0.25) is 9.59 Å². The molecule has 5 nitrogen and oxygen atoms in total. The van der Waals surface area contributed by atoms with Crippen LogP contribution in [-0.2, 0) is 9.59 Å². The van der Waals surface area contributed by atoms with Gasteiger partial charge in [0.2, 0.25) is 11.8 Å². The zero-order valence-corrected chi connectivity index (χ0v) is 14.5. The Morgan fingerprint density at radius 1 is 1.43 bits per heavy atom. The van der Waals surface area contributed by atoms with E-state index in [4.69, 9.17) is 11.6 Å². The zero-order chi connectivity index (χ0) is 16.4. The maximum absolute atomic E-state index is 12.2. The van der Waals surface area contributed by atoms with E-state index in [-0.39, 0.29) is 24.3 Å². The van der Waals surface area contributed by atoms with Gasteiger partial charge in [0.15, 0.2) is 0 Å². The van der Waals surface area contributed by atoms with Gasteiger partial charge < -0.3 is 15.5 Å². The number of piperidine rings is 1. The SMILES string of the molecule is CN1CCC(NC(=O)CC2Sc3ccc(Cl)cc3NC2=O)CC1. The number of likely N-dealkylation sites (tertiary alicyclic amines) is 1. The van der Waals surface area contributed by atoms with Crippen LogP contribution < -0.4 is 10.6 Å². The fourth-order valence-corrected chi connectivity index (χ4v) is 4.13. The second-order valence-corrected chi connectivity index (χ2v) is 7.77. The minimum absolute atomic E-state index is 0.0513. The molecule has 0 bridgehead atoms. The number of amides is 2. The molecule has 1 atom stereocenters. The predicted octanol–water partition coefficient (Wildman–Crippen LogP) is 2.35. The molecule has 7 heteroatoms. The van der Waals surface area contributed by atoms with Gasteiger partial charge in [-0.15, -0.1) is 11.8 Å². The summed E-state index contributed by atoms with van der Waals surface area (Å²) in [5.41, 5.74) is 0.722. The van der Waals surface area contributed by atoms with E-state index in [1.165, 1.54) is 11.8 Å². The Hall–Kier alpha value is -1.24. The molecule has 2 amide bonds. The van der Waals surface area contributed by atoms with E-state index in [0.29, 0.717) is 5.02 Å². The molecule has 1 aromatic rings. The van der Waals surface area contributed by atoms with Crippen LogP contribution in [0.3, 0.4) is 0 Å². The molecule has 0 radical (unpaired) electrons. The molecule has 0 spiro atoms. The molecule has 2 aliphatic rings. The number of nitrogens with zero attached hydrogens (tertiary/aromatic N) is 1. The Kier molecular flexibility index (Phi) is 5.14. The first kappa shape index (κ1) is 16.6. The molecule has 1 saturated heterocycles. The maximum Gasteiger partial charge on any atom is 0.238 e. The Bertz CT molecular complexity index is 617. The van der Waals surface area contributed by atoms with Crippen molar-refractivity contribution in [3.05, 3.63) is 23.2 Å². The number of carbonyl (C=O) groups is 2. The molecule has 0 aromatic heterocycles. The molecule has 2 aliphatic heterocycles. The number of nitrogens with one attached hydrogen (secondary N) is 2. The zero-order valence-electron chi connectivity index (χ0n) is 13.0. The lowest BCUT2D eigenvalue weighted by atomic mass is 10.1. The van der Waals surface area contributed by atoms with Crippen molar-refractivity contribution in [2.75, 3.05) is 25.5 Å². The molecule has 124 valence electrons. The van der Waals surface area contributed by atoms with Crippen molar-refractivity contribution in [1.82, 2.24) is 10.2 Å². The summed E-state index contributed by atoms with van der Waals surface area (Å²) < 4.78 is 0. The van der Waals surface area contributed by atoms with Gasteiger partial charge in [-0.1, -0.05) is 11.6 Å². The quantitative estimate of drug-likeness (QED) is 0.875. The summed E-state index contributed by atoms with van der Waals surface area (Å²) in [5, 5.41) is 6.09. The van der Waals surface area contributed by atoms with E-state index >= 15 is 0 Å². The second-order valence-electron chi connectivity index (χ2n) is 6.09. The summed E-state index contributed by atoms with van der Waals surface area (Å²) in [6, 6.07) is 5.63. The van der Waals surface area contributed by atoms with Crippen LogP contribution in [0.1, 0.15) is 19.3 Å². The summed E-state index contributed by atoms with van der Waals surface area (Å²) >= 11 is 7.36. The summed E-state index contributed by atoms with van der Waals surface area (Å²) in [4.78, 5) is 27.6. The van der Waals surface area contributed by atoms with Crippen LogP contribution >= 0.6 is 23.4 Å². The van der Waals surface area contributed by atoms with Crippen LogP contribution in [0.4, 0.5) is 5.69 Å². The first-order valence-electron chi connectivity index (χ1n) is 7.76. The smallest absolute Gasteiger partial charge is 0.238 e. The lowest BCUT2D eigenvalue weighted by Gasteiger charge is -2.30. The van der Waals surface area contributed by atoms with E-state index in [2.05, 4.69) is 22.6 Å². The number of rotatable bonds is 3. The minimum atomic E-state index is -0.394. The summed E-state index contributed by atoms with van der Waals surface area (Å²) in [6.45, 7) is 2.00. The van der Waals surface area contributed by atoms with Crippen LogP contribution in [0.5, 0.6) is 0 Å². The highest BCUT2D eigenvalue weighted by Gasteiger charge is 2.30. The lowest BCUT2D eigenvalue weighted by molar-refractivity contribution is -0.124. The number of carbonyl (C=O) groups excluding carboxylic acids is 2. The van der Waals surface area contributed by atoms with Crippen LogP contribution in [-0.4, -0.2) is 48.1 Å². The molecule has 0 saturated carbocycles. The number of halogens is 1. The van der Waals surface area contributed by atoms with E-state index in [1.807, 2.05) is 6.07 Å². The van der Waals surface area contributed by atoms with Gasteiger partial charge in [0.25, 0.3) is 0 Å². The molecule has 1 aromatic carbocycles. The van der Waals surface area contributed by atoms with Gasteiger partial charge >= 0.3 is 0 Å². The normalized spacial score (nSPS) is 22.3. The average molecular weight is 354 g/mol. The molecular weight excluding hydrogens is 334 g/mol. The molecule has 1 unspecified atom stereocenters. The largest absolute Gasteiger partial charge is 0.353 e. The summed E-state index contributed by atoms with van der Waals surface area (Å²) in [5.74, 6) is -0.187. The number of fused-ring (bicyclic) bond motifs is 1. The number of thioether (sulfide) groups is 1. The summed E-state index contributed by atoms with van der Waals surface area (Å²) in [6.07, 6.45) is 2.13. The predicted molar refractivity (Wildman–Crippen MR) is 93.0 cm³/mol. The number of anilines is 1. The van der Waals surface area contributed by atoms with Crippen LogP contribution in [0, 0.1) is 0 Å². The highest BCUT2D eigenvalue weighted by molar-refractivity contribution is 8.01. The lowest BCUT2D eigenvalue weighted by Crippen LogP contribution is -2.44. The van der Waals surface area contributed by atoms with Crippen LogP contribution in [0.15, 0.2) is 23.1 Å². The third-order valence-corrected chi connectivity index (χ3v) is 5.73. The fourth-order valence-electron chi connectivity index (χ4n) is 2.86. The van der Waals surface area contributed by atoms with E-state index in [0.717, 1.165) is 36.5 Å². The third kappa shape index (κ3) is 4.19. The van der Waals surface area contributed by atoms with Gasteiger partial charge in [0, 0.05) is 22.4 Å². The van der Waals surface area contributed by atoms with Crippen LogP contribution in [0.2, 0.25) is 5.02 Å². The van der Waals surface area contributed by atoms with Crippen molar-refractivity contribution in [3.8, 4) is 0 Å². The van der Waals surface area contributed by atoms with Gasteiger partial charge in [0.05, 0.1) is 10.9 Å². The van der Waals surface area contributed by atoms with Crippen molar-refractivity contribution in [1.29, 1.82) is 0 Å². The van der Waals surface area contributed by atoms with Gasteiger partial charge in [0.1, 0.15) is 0 Å². The molecular formula is C16H20ClN3O2S. The van der Waals surface area contributed by atoms with E-state index < -0.39 is 5.25 Å². The molecule has 0 aliphatic carbocycles. The van der Waals surface area contributed by atoms with Gasteiger partial charge in [-0.25, -0.2) is 0 Å². The minimum Gasteiger partial charge on any atom is -0.353 e. The maximum atomic E-state index is 12.2. The van der Waals surface area contributed by atoms with Crippen molar-refractivity contribution in [3.63, 3.8) is 0 Å². The van der Waals surface area contributed by atoms with Crippen LogP contribution in [0.25, 0.3) is 0 Å². The second kappa shape index (κ2) is 7.11. The Balaban J connectivity index is 1.56. The first-order chi connectivity index (χ1) is 11.0. The Morgan fingerprint density at radius 2 is 2.17 bits per heavy atom. The molecule has 1 fully saturated rings. The number of hydrogen-bond donors (Lipinski definition) is 2. The fraction of sp³-hybridized carbons (Fsp3) is 0.500. The first-order valence-corrected chi connectivity index (χ1v) is 9.02. The van der Waals surface area contributed by atoms with Gasteiger partial charge in [-0.05, 0) is 51.2 Å². The molecule has 23 heavy (non-hydrogen) atoms. The molecule has 3 rings (SSSR count). The third-order valence-electron chi connectivity index (χ3n) is 4.22. The molecule has 2 N–H and O–H groups in total. The number of hydrogen-bond acceptors (Lipinski definition) is 4. The number of benzene rings is 1. The highest BCUT2D eigenvalue weighted by Crippen LogP contribution is 2.38. The van der Waals surface area contributed by atoms with Crippen molar-refractivity contribution < 1.29 is 9.59 Å². The van der Waals surface area contributed by atoms with Crippen molar-refractivity contribution in [2.45, 2.75) is 35.4 Å². The Labute approximate surface area is 145 Å². The Morgan fingerprint density at radius 3 is 2.91 bits per heavy atom. The highest BCUT2D eigenvalue weighted by atomic mass is 35.5. The van der Waals surface area contributed by atoms with E-state index in [1.54, 1.807) is 12.1 Å². The topological polar surface area (TPSA) is 61.4 Å². The van der Waals surface area contributed by atoms with Crippen molar-refractivity contribution >= 4 is 40.9 Å².